The van der Waals surface area contributed by atoms with Crippen LogP contribution in [0.2, 0.25) is 0 Å². The highest BCUT2D eigenvalue weighted by Crippen LogP contribution is 2.38. The molecule has 1 unspecified atom stereocenters. The third-order valence-corrected chi connectivity index (χ3v) is 7.11. The molecule has 10 heteroatoms. The molecule has 3 aromatic heterocycles. The van der Waals surface area contributed by atoms with E-state index >= 15 is 0 Å². The van der Waals surface area contributed by atoms with Crippen molar-refractivity contribution in [2.45, 2.75) is 47.5 Å². The monoisotopic (exact) mass is 591 g/mol. The molecule has 1 aliphatic rings. The molecule has 1 aliphatic heterocycles. The van der Waals surface area contributed by atoms with Crippen LogP contribution in [-0.2, 0) is 4.79 Å². The molecular formula is C34H37N7O3. The lowest BCUT2D eigenvalue weighted by Gasteiger charge is -2.25. The minimum absolute atomic E-state index is 0.0718. The van der Waals surface area contributed by atoms with Crippen molar-refractivity contribution in [1.82, 2.24) is 24.6 Å². The third kappa shape index (κ3) is 7.24. The van der Waals surface area contributed by atoms with Gasteiger partial charge in [-0.3, -0.25) is 4.79 Å². The molecule has 0 amide bonds. The average molecular weight is 592 g/mol. The largest absolute Gasteiger partial charge is 0.491 e. The molecule has 10 nitrogen and oxygen atoms in total. The topological polar surface area (TPSA) is 107 Å². The Hall–Kier alpha value is -5.17. The molecule has 0 saturated heterocycles. The first-order valence-corrected chi connectivity index (χ1v) is 14.8. The summed E-state index contributed by atoms with van der Waals surface area (Å²) in [4.78, 5) is 25.7. The number of hydrogen-bond donors (Lipinski definition) is 1. The van der Waals surface area contributed by atoms with Gasteiger partial charge in [-0.1, -0.05) is 26.2 Å². The predicted molar refractivity (Wildman–Crippen MR) is 173 cm³/mol. The smallest absolute Gasteiger partial charge is 0.202 e. The van der Waals surface area contributed by atoms with E-state index in [1.165, 1.54) is 13.3 Å². The summed E-state index contributed by atoms with van der Waals surface area (Å²) in [6, 6.07) is 14.0. The Morgan fingerprint density at radius 1 is 1.14 bits per heavy atom. The van der Waals surface area contributed by atoms with Crippen LogP contribution >= 0.6 is 0 Å². The van der Waals surface area contributed by atoms with E-state index in [-0.39, 0.29) is 5.78 Å². The van der Waals surface area contributed by atoms with Crippen molar-refractivity contribution >= 4 is 39.5 Å². The number of nitrogens with zero attached hydrogens (tertiary/aromatic N) is 6. The Morgan fingerprint density at radius 2 is 2.00 bits per heavy atom. The van der Waals surface area contributed by atoms with Crippen LogP contribution in [0.25, 0.3) is 16.6 Å². The number of unbranched alkanes of at least 4 members (excludes halogenated alkanes) is 1. The molecule has 226 valence electrons. The summed E-state index contributed by atoms with van der Waals surface area (Å²) >= 11 is 0. The van der Waals surface area contributed by atoms with E-state index in [1.807, 2.05) is 43.5 Å². The van der Waals surface area contributed by atoms with Gasteiger partial charge in [0.2, 0.25) is 5.78 Å². The molecule has 0 fully saturated rings. The Labute approximate surface area is 257 Å². The van der Waals surface area contributed by atoms with Gasteiger partial charge in [0.05, 0.1) is 17.8 Å². The van der Waals surface area contributed by atoms with Crippen LogP contribution in [0.3, 0.4) is 0 Å². The zero-order valence-electron chi connectivity index (χ0n) is 25.8. The van der Waals surface area contributed by atoms with Crippen LogP contribution in [-0.4, -0.2) is 50.0 Å². The molecule has 0 bridgehead atoms. The van der Waals surface area contributed by atoms with Gasteiger partial charge in [0, 0.05) is 55.3 Å². The number of fused-ring (bicyclic) bond motifs is 3. The summed E-state index contributed by atoms with van der Waals surface area (Å²) in [7, 11) is 0. The van der Waals surface area contributed by atoms with E-state index in [0.717, 1.165) is 76.7 Å². The highest BCUT2D eigenvalue weighted by molar-refractivity contribution is 5.95. The molecule has 44 heavy (non-hydrogen) atoms. The number of carbonyl (C=O) groups excluding carboxylic acids is 1. The minimum Gasteiger partial charge on any atom is -0.491 e. The highest BCUT2D eigenvalue weighted by Gasteiger charge is 2.22. The number of rotatable bonds is 7. The SMILES string of the molecule is CC#CC(C)=O.CCCCN1CC(C)COc2cc3ncnc(Nc4ccc(Oc5ccn6ncnc6c5)c(C)c4)c3cc21. The van der Waals surface area contributed by atoms with Crippen LogP contribution in [0.5, 0.6) is 17.2 Å². The fraction of sp³-hybridized carbons (Fsp3) is 0.324. The molecule has 2 aromatic carbocycles. The second-order valence-electron chi connectivity index (χ2n) is 10.8. The Balaban J connectivity index is 0.000000584. The lowest BCUT2D eigenvalue weighted by molar-refractivity contribution is -0.111. The first-order chi connectivity index (χ1) is 21.3. The van der Waals surface area contributed by atoms with E-state index < -0.39 is 0 Å². The number of anilines is 3. The summed E-state index contributed by atoms with van der Waals surface area (Å²) in [5.74, 6) is 8.30. The first-order valence-electron chi connectivity index (χ1n) is 14.8. The number of hydrogen-bond acceptors (Lipinski definition) is 9. The Bertz CT molecular complexity index is 1840. The Morgan fingerprint density at radius 3 is 2.75 bits per heavy atom. The van der Waals surface area contributed by atoms with Crippen LogP contribution in [0, 0.1) is 24.7 Å². The number of aryl methyl sites for hydroxylation is 1. The van der Waals surface area contributed by atoms with Crippen molar-refractivity contribution in [3.8, 4) is 29.1 Å². The van der Waals surface area contributed by atoms with Gasteiger partial charge in [-0.15, -0.1) is 0 Å². The molecule has 0 aliphatic carbocycles. The minimum atomic E-state index is -0.0718. The quantitative estimate of drug-likeness (QED) is 0.162. The van der Waals surface area contributed by atoms with Gasteiger partial charge in [-0.2, -0.15) is 5.10 Å². The molecular weight excluding hydrogens is 554 g/mol. The van der Waals surface area contributed by atoms with Gasteiger partial charge in [0.1, 0.15) is 35.7 Å². The Kier molecular flexibility index (Phi) is 9.55. The number of carbonyl (C=O) groups is 1. The number of ether oxygens (including phenoxy) is 2. The van der Waals surface area contributed by atoms with Crippen molar-refractivity contribution < 1.29 is 14.3 Å². The number of Topliss-reactive ketones (excluding diaryl/α,β-unsaturated/α-hetero) is 1. The fourth-order valence-corrected chi connectivity index (χ4v) is 5.00. The van der Waals surface area contributed by atoms with E-state index in [4.69, 9.17) is 9.47 Å². The lowest BCUT2D eigenvalue weighted by Crippen LogP contribution is -2.29. The fourth-order valence-electron chi connectivity index (χ4n) is 5.00. The van der Waals surface area contributed by atoms with Gasteiger partial charge in [0.25, 0.3) is 0 Å². The van der Waals surface area contributed by atoms with Gasteiger partial charge >= 0.3 is 0 Å². The normalized spacial score (nSPS) is 13.9. The van der Waals surface area contributed by atoms with Crippen molar-refractivity contribution in [3.63, 3.8) is 0 Å². The maximum Gasteiger partial charge on any atom is 0.202 e. The maximum absolute atomic E-state index is 9.87. The zero-order chi connectivity index (χ0) is 31.1. The van der Waals surface area contributed by atoms with Gasteiger partial charge in [0.15, 0.2) is 5.65 Å². The van der Waals surface area contributed by atoms with Crippen LogP contribution < -0.4 is 19.7 Å². The van der Waals surface area contributed by atoms with E-state index in [9.17, 15) is 4.79 Å². The number of benzene rings is 2. The summed E-state index contributed by atoms with van der Waals surface area (Å²) in [6.07, 6.45) is 7.24. The lowest BCUT2D eigenvalue weighted by atomic mass is 10.1. The molecule has 5 aromatic rings. The van der Waals surface area contributed by atoms with Crippen LogP contribution in [0.1, 0.15) is 46.1 Å². The average Bonchev–Trinajstić information content (AvgIpc) is 3.41. The molecule has 0 radical (unpaired) electrons. The summed E-state index contributed by atoms with van der Waals surface area (Å²) in [5, 5.41) is 8.59. The van der Waals surface area contributed by atoms with E-state index in [0.29, 0.717) is 18.3 Å². The number of pyridine rings is 1. The maximum atomic E-state index is 9.87. The zero-order valence-corrected chi connectivity index (χ0v) is 25.8. The van der Waals surface area contributed by atoms with Crippen LogP contribution in [0.15, 0.2) is 61.3 Å². The van der Waals surface area contributed by atoms with Gasteiger partial charge < -0.3 is 19.7 Å². The molecule has 6 rings (SSSR count). The number of aromatic nitrogens is 5. The number of nitrogens with one attached hydrogen (secondary N) is 1. The molecule has 4 heterocycles. The molecule has 0 spiro atoms. The molecule has 1 atom stereocenters. The number of ketones is 1. The molecule has 0 saturated carbocycles. The highest BCUT2D eigenvalue weighted by atomic mass is 16.5. The first kappa shape index (κ1) is 30.3. The van der Waals surface area contributed by atoms with Crippen molar-refractivity contribution in [1.29, 1.82) is 0 Å². The second kappa shape index (κ2) is 13.9. The van der Waals surface area contributed by atoms with E-state index in [1.54, 1.807) is 17.8 Å². The predicted octanol–water partition coefficient (Wildman–Crippen LogP) is 6.75. The molecule has 1 N–H and O–H groups in total. The van der Waals surface area contributed by atoms with Crippen molar-refractivity contribution in [3.05, 3.63) is 66.9 Å². The second-order valence-corrected chi connectivity index (χ2v) is 10.8. The van der Waals surface area contributed by atoms with Crippen LogP contribution in [0.4, 0.5) is 17.2 Å². The van der Waals surface area contributed by atoms with Crippen molar-refractivity contribution in [2.75, 3.05) is 29.9 Å². The summed E-state index contributed by atoms with van der Waals surface area (Å²) < 4.78 is 14.0. The van der Waals surface area contributed by atoms with Gasteiger partial charge in [-0.05, 0) is 62.1 Å². The summed E-state index contributed by atoms with van der Waals surface area (Å²) in [6.45, 7) is 12.3. The van der Waals surface area contributed by atoms with Crippen molar-refractivity contribution in [2.24, 2.45) is 5.92 Å². The van der Waals surface area contributed by atoms with E-state index in [2.05, 4.69) is 68.1 Å². The standard InChI is InChI=1S/C29H31N7O2.C5H6O/c1-4-5-9-35-15-19(2)16-37-27-14-24-23(13-25(27)35)29(32-17-30-24)34-21-6-7-26(20(3)11-21)38-22-8-10-36-28(12-22)31-18-33-36;1-3-4-5(2)6/h6-8,10-14,17-19H,4-5,9,15-16H2,1-3H3,(H,30,32,34);1-2H3. The third-order valence-electron chi connectivity index (χ3n) is 7.11. The summed E-state index contributed by atoms with van der Waals surface area (Å²) in [5.41, 5.74) is 4.62. The van der Waals surface area contributed by atoms with Gasteiger partial charge in [-0.25, -0.2) is 19.5 Å².